The van der Waals surface area contributed by atoms with Crippen LogP contribution in [-0.4, -0.2) is 11.7 Å². The van der Waals surface area contributed by atoms with Crippen molar-refractivity contribution in [3.63, 3.8) is 0 Å². The molecule has 0 saturated carbocycles. The lowest BCUT2D eigenvalue weighted by molar-refractivity contribution is 0.0547. The Kier molecular flexibility index (Phi) is 3.17. The second kappa shape index (κ2) is 3.99. The van der Waals surface area contributed by atoms with Gasteiger partial charge in [0.05, 0.1) is 12.7 Å². The van der Waals surface area contributed by atoms with Crippen LogP contribution in [0.5, 0.6) is 5.75 Å². The second-order valence-corrected chi connectivity index (χ2v) is 3.11. The zero-order valence-corrected chi connectivity index (χ0v) is 8.30. The molecule has 1 aliphatic rings. The number of fused-ring (bicyclic) bond motifs is 1. The third-order valence-corrected chi connectivity index (χ3v) is 2.35. The highest BCUT2D eigenvalue weighted by Crippen LogP contribution is 2.31. The maximum atomic E-state index is 9.52. The molecule has 1 aromatic rings. The molecule has 0 saturated heterocycles. The number of aromatic hydroxyl groups is 1. The fourth-order valence-electron chi connectivity index (χ4n) is 1.67. The normalized spacial score (nSPS) is 20.2. The van der Waals surface area contributed by atoms with E-state index >= 15 is 0 Å². The van der Waals surface area contributed by atoms with Gasteiger partial charge < -0.3 is 9.84 Å². The third-order valence-electron chi connectivity index (χ3n) is 2.35. The summed E-state index contributed by atoms with van der Waals surface area (Å²) in [5, 5.41) is 9.52. The monoisotopic (exact) mass is 200 g/mol. The van der Waals surface area contributed by atoms with Gasteiger partial charge in [-0.1, -0.05) is 12.1 Å². The van der Waals surface area contributed by atoms with E-state index < -0.39 is 0 Å². The topological polar surface area (TPSA) is 29.5 Å². The molecule has 1 atom stereocenters. The summed E-state index contributed by atoms with van der Waals surface area (Å²) >= 11 is 0. The zero-order chi connectivity index (χ0) is 8.55. The Morgan fingerprint density at radius 2 is 2.23 bits per heavy atom. The Bertz CT molecular complexity index is 299. The predicted octanol–water partition coefficient (Wildman–Crippen LogP) is 2.45. The van der Waals surface area contributed by atoms with E-state index in [2.05, 4.69) is 0 Å². The number of benzene rings is 1. The lowest BCUT2D eigenvalue weighted by atomic mass is 9.98. The molecule has 1 heterocycles. The first-order chi connectivity index (χ1) is 5.79. The van der Waals surface area contributed by atoms with Crippen molar-refractivity contribution < 1.29 is 9.84 Å². The van der Waals surface area contributed by atoms with Gasteiger partial charge in [0.15, 0.2) is 0 Å². The van der Waals surface area contributed by atoms with Gasteiger partial charge in [-0.2, -0.15) is 0 Å². The average molecular weight is 201 g/mol. The fraction of sp³-hybridized carbons (Fsp3) is 0.400. The molecule has 13 heavy (non-hydrogen) atoms. The van der Waals surface area contributed by atoms with E-state index in [1.807, 2.05) is 19.1 Å². The van der Waals surface area contributed by atoms with Crippen LogP contribution in [0.15, 0.2) is 18.2 Å². The molecule has 1 aliphatic heterocycles. The van der Waals surface area contributed by atoms with Crippen molar-refractivity contribution in [2.24, 2.45) is 0 Å². The highest BCUT2D eigenvalue weighted by molar-refractivity contribution is 5.85. The van der Waals surface area contributed by atoms with Crippen LogP contribution in [0.3, 0.4) is 0 Å². The Balaban J connectivity index is 0.000000845. The summed E-state index contributed by atoms with van der Waals surface area (Å²) in [5.41, 5.74) is 2.18. The van der Waals surface area contributed by atoms with Gasteiger partial charge in [-0.05, 0) is 25.0 Å². The minimum atomic E-state index is 0. The van der Waals surface area contributed by atoms with E-state index in [9.17, 15) is 5.11 Å². The molecule has 1 N–H and O–H groups in total. The minimum absolute atomic E-state index is 0. The van der Waals surface area contributed by atoms with E-state index in [1.165, 1.54) is 0 Å². The molecule has 0 fully saturated rings. The summed E-state index contributed by atoms with van der Waals surface area (Å²) in [6, 6.07) is 5.61. The number of hydrogen-bond donors (Lipinski definition) is 1. The summed E-state index contributed by atoms with van der Waals surface area (Å²) in [6.07, 6.45) is 0.952. The minimum Gasteiger partial charge on any atom is -0.508 e. The molecule has 2 nitrogen and oxygen atoms in total. The first-order valence-corrected chi connectivity index (χ1v) is 4.21. The summed E-state index contributed by atoms with van der Waals surface area (Å²) in [7, 11) is 0. The molecule has 72 valence electrons. The highest BCUT2D eigenvalue weighted by atomic mass is 35.5. The van der Waals surface area contributed by atoms with Gasteiger partial charge in [-0.25, -0.2) is 0 Å². The summed E-state index contributed by atoms with van der Waals surface area (Å²) in [6.45, 7) is 2.73. The average Bonchev–Trinajstić information content (AvgIpc) is 2.07. The van der Waals surface area contributed by atoms with Crippen LogP contribution >= 0.6 is 12.4 Å². The van der Waals surface area contributed by atoms with Crippen LogP contribution in [0, 0.1) is 0 Å². The van der Waals surface area contributed by atoms with Crippen LogP contribution in [0.2, 0.25) is 0 Å². The summed E-state index contributed by atoms with van der Waals surface area (Å²) in [5.74, 6) is 0.405. The fourth-order valence-corrected chi connectivity index (χ4v) is 1.67. The van der Waals surface area contributed by atoms with Gasteiger partial charge in [-0.15, -0.1) is 12.4 Å². The Morgan fingerprint density at radius 1 is 1.46 bits per heavy atom. The standard InChI is InChI=1S/C10H12O2.ClH/c1-7-8-3-2-4-10(11)9(8)5-6-12-7;/h2-4,7,11H,5-6H2,1H3;1H. The van der Waals surface area contributed by atoms with E-state index in [1.54, 1.807) is 6.07 Å². The van der Waals surface area contributed by atoms with Crippen LogP contribution in [-0.2, 0) is 11.2 Å². The lowest BCUT2D eigenvalue weighted by Crippen LogP contribution is -2.13. The molecule has 0 aliphatic carbocycles. The molecule has 0 radical (unpaired) electrons. The quantitative estimate of drug-likeness (QED) is 0.697. The van der Waals surface area contributed by atoms with Crippen molar-refractivity contribution in [3.05, 3.63) is 29.3 Å². The van der Waals surface area contributed by atoms with Crippen LogP contribution < -0.4 is 0 Å². The first-order valence-electron chi connectivity index (χ1n) is 4.21. The van der Waals surface area contributed by atoms with E-state index in [0.717, 1.165) is 17.5 Å². The second-order valence-electron chi connectivity index (χ2n) is 3.11. The zero-order valence-electron chi connectivity index (χ0n) is 7.49. The maximum Gasteiger partial charge on any atom is 0.119 e. The van der Waals surface area contributed by atoms with Crippen molar-refractivity contribution in [1.29, 1.82) is 0 Å². The Morgan fingerprint density at radius 3 is 2.92 bits per heavy atom. The molecule has 1 aromatic carbocycles. The predicted molar refractivity (Wildman–Crippen MR) is 53.4 cm³/mol. The number of ether oxygens (including phenoxy) is 1. The van der Waals surface area contributed by atoms with Crippen molar-refractivity contribution in [3.8, 4) is 5.75 Å². The van der Waals surface area contributed by atoms with Gasteiger partial charge in [-0.3, -0.25) is 0 Å². The number of hydrogen-bond acceptors (Lipinski definition) is 2. The number of halogens is 1. The van der Waals surface area contributed by atoms with E-state index in [4.69, 9.17) is 4.74 Å². The number of phenolic OH excluding ortho intramolecular Hbond substituents is 1. The van der Waals surface area contributed by atoms with Gasteiger partial charge in [0.1, 0.15) is 5.75 Å². The molecule has 2 rings (SSSR count). The van der Waals surface area contributed by atoms with Gasteiger partial charge >= 0.3 is 0 Å². The lowest BCUT2D eigenvalue weighted by Gasteiger charge is -2.23. The van der Waals surface area contributed by atoms with Gasteiger partial charge in [0, 0.05) is 5.56 Å². The van der Waals surface area contributed by atoms with Crippen molar-refractivity contribution in [1.82, 2.24) is 0 Å². The first kappa shape index (κ1) is 10.4. The van der Waals surface area contributed by atoms with Crippen LogP contribution in [0.4, 0.5) is 0 Å². The Labute approximate surface area is 83.9 Å². The smallest absolute Gasteiger partial charge is 0.119 e. The SMILES string of the molecule is CC1OCCc2c(O)cccc21.Cl. The number of phenols is 1. The van der Waals surface area contributed by atoms with Crippen molar-refractivity contribution >= 4 is 12.4 Å². The van der Waals surface area contributed by atoms with Gasteiger partial charge in [0.2, 0.25) is 0 Å². The summed E-state index contributed by atoms with van der Waals surface area (Å²) < 4.78 is 5.45. The molecule has 3 heteroatoms. The summed E-state index contributed by atoms with van der Waals surface area (Å²) in [4.78, 5) is 0. The molecule has 0 spiro atoms. The largest absolute Gasteiger partial charge is 0.508 e. The van der Waals surface area contributed by atoms with Crippen LogP contribution in [0.25, 0.3) is 0 Å². The molecular weight excluding hydrogens is 188 g/mol. The maximum absolute atomic E-state index is 9.52. The van der Waals surface area contributed by atoms with E-state index in [-0.39, 0.29) is 18.5 Å². The van der Waals surface area contributed by atoms with E-state index in [0.29, 0.717) is 12.4 Å². The van der Waals surface area contributed by atoms with Gasteiger partial charge in [0.25, 0.3) is 0 Å². The Hall–Kier alpha value is -0.730. The van der Waals surface area contributed by atoms with Crippen LogP contribution in [0.1, 0.15) is 24.2 Å². The molecule has 0 bridgehead atoms. The third kappa shape index (κ3) is 1.79. The molecular formula is C10H13ClO2. The number of rotatable bonds is 0. The van der Waals surface area contributed by atoms with Crippen molar-refractivity contribution in [2.45, 2.75) is 19.4 Å². The highest BCUT2D eigenvalue weighted by Gasteiger charge is 2.18. The molecule has 0 amide bonds. The van der Waals surface area contributed by atoms with Crippen molar-refractivity contribution in [2.75, 3.05) is 6.61 Å². The molecule has 0 aromatic heterocycles. The molecule has 1 unspecified atom stereocenters.